The molecule has 1 saturated carbocycles. The maximum Gasteiger partial charge on any atom is 0.221 e. The molecule has 0 amide bonds. The molecule has 0 aromatic carbocycles. The molecule has 0 spiro atoms. The molecule has 0 bridgehead atoms. The van der Waals surface area contributed by atoms with Gasteiger partial charge in [-0.15, -0.1) is 0 Å². The van der Waals surface area contributed by atoms with Gasteiger partial charge in [0.2, 0.25) is 5.88 Å². The number of nitrogens with zero attached hydrogens (tertiary/aromatic N) is 2. The van der Waals surface area contributed by atoms with Gasteiger partial charge in [-0.25, -0.2) is 4.98 Å². The van der Waals surface area contributed by atoms with E-state index in [1.165, 1.54) is 0 Å². The van der Waals surface area contributed by atoms with Gasteiger partial charge in [0.15, 0.2) is 0 Å². The van der Waals surface area contributed by atoms with E-state index in [2.05, 4.69) is 9.97 Å². The lowest BCUT2D eigenvalue weighted by atomic mass is 10.2. The molecule has 5 nitrogen and oxygen atoms in total. The first kappa shape index (κ1) is 13.1. The third-order valence-electron chi connectivity index (χ3n) is 3.14. The molecule has 0 unspecified atom stereocenters. The zero-order valence-corrected chi connectivity index (χ0v) is 10.9. The van der Waals surface area contributed by atoms with E-state index in [9.17, 15) is 0 Å². The van der Waals surface area contributed by atoms with Gasteiger partial charge in [-0.3, -0.25) is 0 Å². The molecule has 18 heavy (non-hydrogen) atoms. The number of unbranched alkanes of at least 4 members (excludes halogenated alkanes) is 2. The van der Waals surface area contributed by atoms with E-state index in [0.29, 0.717) is 24.2 Å². The van der Waals surface area contributed by atoms with Crippen LogP contribution in [0.3, 0.4) is 0 Å². The molecule has 0 atom stereocenters. The van der Waals surface area contributed by atoms with Crippen LogP contribution in [-0.4, -0.2) is 28.3 Å². The topological polar surface area (TPSA) is 81.3 Å². The van der Waals surface area contributed by atoms with Crippen LogP contribution in [0.1, 0.15) is 49.4 Å². The second-order valence-electron chi connectivity index (χ2n) is 4.80. The minimum Gasteiger partial charge on any atom is -0.477 e. The molecule has 1 aliphatic carbocycles. The lowest BCUT2D eigenvalue weighted by Gasteiger charge is -2.11. The van der Waals surface area contributed by atoms with E-state index in [1.54, 1.807) is 0 Å². The molecule has 1 heterocycles. The summed E-state index contributed by atoms with van der Waals surface area (Å²) in [7, 11) is 0. The summed E-state index contributed by atoms with van der Waals surface area (Å²) in [6, 6.07) is 0. The fourth-order valence-corrected chi connectivity index (χ4v) is 1.75. The number of anilines is 1. The molecule has 1 aromatic rings. The van der Waals surface area contributed by atoms with E-state index < -0.39 is 0 Å². The van der Waals surface area contributed by atoms with Gasteiger partial charge in [0.1, 0.15) is 11.6 Å². The highest BCUT2D eigenvalue weighted by Crippen LogP contribution is 2.39. The molecular formula is C13H21N3O2. The Morgan fingerprint density at radius 2 is 2.06 bits per heavy atom. The monoisotopic (exact) mass is 251 g/mol. The van der Waals surface area contributed by atoms with Gasteiger partial charge in [0.05, 0.1) is 12.2 Å². The SMILES string of the molecule is Cc1c(N)nc(C2CC2)nc1OCCCCCO. The largest absolute Gasteiger partial charge is 0.477 e. The number of aliphatic hydroxyl groups is 1. The zero-order chi connectivity index (χ0) is 13.0. The maximum absolute atomic E-state index is 8.69. The maximum atomic E-state index is 8.69. The van der Waals surface area contributed by atoms with E-state index in [4.69, 9.17) is 15.6 Å². The van der Waals surface area contributed by atoms with Crippen molar-refractivity contribution in [2.75, 3.05) is 18.9 Å². The van der Waals surface area contributed by atoms with Crippen molar-refractivity contribution in [2.24, 2.45) is 0 Å². The molecule has 5 heteroatoms. The first-order valence-corrected chi connectivity index (χ1v) is 6.60. The van der Waals surface area contributed by atoms with Crippen LogP contribution < -0.4 is 10.5 Å². The minimum absolute atomic E-state index is 0.241. The van der Waals surface area contributed by atoms with Crippen LogP contribution in [0.5, 0.6) is 5.88 Å². The molecule has 3 N–H and O–H groups in total. The molecule has 100 valence electrons. The van der Waals surface area contributed by atoms with E-state index in [0.717, 1.165) is 43.5 Å². The number of rotatable bonds is 7. The van der Waals surface area contributed by atoms with Crippen molar-refractivity contribution in [3.8, 4) is 5.88 Å². The Bertz CT molecular complexity index is 405. The lowest BCUT2D eigenvalue weighted by Crippen LogP contribution is -2.07. The van der Waals surface area contributed by atoms with Crippen molar-refractivity contribution in [1.82, 2.24) is 9.97 Å². The van der Waals surface area contributed by atoms with Crippen LogP contribution in [0.15, 0.2) is 0 Å². The molecule has 0 radical (unpaired) electrons. The lowest BCUT2D eigenvalue weighted by molar-refractivity contribution is 0.261. The Morgan fingerprint density at radius 3 is 2.72 bits per heavy atom. The van der Waals surface area contributed by atoms with Gasteiger partial charge >= 0.3 is 0 Å². The van der Waals surface area contributed by atoms with Crippen LogP contribution in [0.25, 0.3) is 0 Å². The summed E-state index contributed by atoms with van der Waals surface area (Å²) < 4.78 is 5.67. The first-order valence-electron chi connectivity index (χ1n) is 6.60. The van der Waals surface area contributed by atoms with Crippen LogP contribution in [0, 0.1) is 6.92 Å². The van der Waals surface area contributed by atoms with Crippen molar-refractivity contribution in [3.63, 3.8) is 0 Å². The quantitative estimate of drug-likeness (QED) is 0.722. The van der Waals surface area contributed by atoms with Gasteiger partial charge in [0.25, 0.3) is 0 Å². The summed E-state index contributed by atoms with van der Waals surface area (Å²) >= 11 is 0. The Hall–Kier alpha value is -1.36. The van der Waals surface area contributed by atoms with Gasteiger partial charge in [-0.1, -0.05) is 0 Å². The number of aromatic nitrogens is 2. The summed E-state index contributed by atoms with van der Waals surface area (Å²) in [5, 5.41) is 8.69. The molecule has 0 saturated heterocycles. The highest BCUT2D eigenvalue weighted by atomic mass is 16.5. The van der Waals surface area contributed by atoms with Gasteiger partial charge in [-0.05, 0) is 39.0 Å². The molecule has 1 fully saturated rings. The molecular weight excluding hydrogens is 230 g/mol. The number of hydrogen-bond acceptors (Lipinski definition) is 5. The van der Waals surface area contributed by atoms with E-state index in [1.807, 2.05) is 6.92 Å². The average molecular weight is 251 g/mol. The average Bonchev–Trinajstić information content (AvgIpc) is 3.18. The highest BCUT2D eigenvalue weighted by molar-refractivity contribution is 5.45. The Balaban J connectivity index is 1.93. The summed E-state index contributed by atoms with van der Waals surface area (Å²) in [5.74, 6) is 2.44. The number of hydrogen-bond donors (Lipinski definition) is 2. The molecule has 2 rings (SSSR count). The Kier molecular flexibility index (Phi) is 4.36. The fraction of sp³-hybridized carbons (Fsp3) is 0.692. The van der Waals surface area contributed by atoms with Crippen molar-refractivity contribution >= 4 is 5.82 Å². The summed E-state index contributed by atoms with van der Waals surface area (Å²) in [6.07, 6.45) is 5.01. The van der Waals surface area contributed by atoms with Crippen molar-refractivity contribution in [1.29, 1.82) is 0 Å². The predicted octanol–water partition coefficient (Wildman–Crippen LogP) is 1.79. The van der Waals surface area contributed by atoms with Crippen molar-refractivity contribution in [3.05, 3.63) is 11.4 Å². The second kappa shape index (κ2) is 6.00. The minimum atomic E-state index is 0.241. The number of ether oxygens (including phenoxy) is 1. The Morgan fingerprint density at radius 1 is 1.28 bits per heavy atom. The standard InChI is InChI=1S/C13H21N3O2/c1-9-11(14)15-12(10-5-6-10)16-13(9)18-8-4-2-3-7-17/h10,17H,2-8H2,1H3,(H2,14,15,16). The van der Waals surface area contributed by atoms with E-state index >= 15 is 0 Å². The molecule has 0 aliphatic heterocycles. The smallest absolute Gasteiger partial charge is 0.221 e. The van der Waals surface area contributed by atoms with Gasteiger partial charge < -0.3 is 15.6 Å². The second-order valence-corrected chi connectivity index (χ2v) is 4.80. The van der Waals surface area contributed by atoms with Crippen molar-refractivity contribution < 1.29 is 9.84 Å². The number of nitrogen functional groups attached to an aromatic ring is 1. The van der Waals surface area contributed by atoms with E-state index in [-0.39, 0.29) is 6.61 Å². The number of aliphatic hydroxyl groups excluding tert-OH is 1. The van der Waals surface area contributed by atoms with Gasteiger partial charge in [-0.2, -0.15) is 4.98 Å². The van der Waals surface area contributed by atoms with Gasteiger partial charge in [0, 0.05) is 12.5 Å². The number of nitrogens with two attached hydrogens (primary N) is 1. The fourth-order valence-electron chi connectivity index (χ4n) is 1.75. The highest BCUT2D eigenvalue weighted by Gasteiger charge is 2.28. The zero-order valence-electron chi connectivity index (χ0n) is 10.9. The third-order valence-corrected chi connectivity index (χ3v) is 3.14. The summed E-state index contributed by atoms with van der Waals surface area (Å²) in [6.45, 7) is 2.74. The van der Waals surface area contributed by atoms with Crippen molar-refractivity contribution in [2.45, 2.75) is 44.9 Å². The van der Waals surface area contributed by atoms with Crippen LogP contribution >= 0.6 is 0 Å². The molecule has 1 aliphatic rings. The normalized spacial score (nSPS) is 14.8. The van der Waals surface area contributed by atoms with Crippen LogP contribution in [-0.2, 0) is 0 Å². The summed E-state index contributed by atoms with van der Waals surface area (Å²) in [4.78, 5) is 8.76. The third kappa shape index (κ3) is 3.32. The molecule has 1 aromatic heterocycles. The van der Waals surface area contributed by atoms with Crippen LogP contribution in [0.4, 0.5) is 5.82 Å². The summed E-state index contributed by atoms with van der Waals surface area (Å²) in [5.41, 5.74) is 6.70. The predicted molar refractivity (Wildman–Crippen MR) is 69.6 cm³/mol. The van der Waals surface area contributed by atoms with Crippen LogP contribution in [0.2, 0.25) is 0 Å². The first-order chi connectivity index (χ1) is 8.72. The Labute approximate surface area is 107 Å².